The van der Waals surface area contributed by atoms with Crippen molar-refractivity contribution in [3.8, 4) is 6.07 Å². The second kappa shape index (κ2) is 3.84. The number of nitro benzene ring substituents is 1. The molecule has 0 fully saturated rings. The van der Waals surface area contributed by atoms with Crippen LogP contribution in [0.4, 0.5) is 10.1 Å². The van der Waals surface area contributed by atoms with Crippen molar-refractivity contribution in [2.75, 3.05) is 0 Å². The summed E-state index contributed by atoms with van der Waals surface area (Å²) in [7, 11) is 0. The molecular weight excluding hydrogens is 203 g/mol. The van der Waals surface area contributed by atoms with Crippen LogP contribution >= 0.6 is 0 Å². The number of carbonyl (C=O) groups excluding carboxylic acids is 1. The number of benzene rings is 1. The Hall–Kier alpha value is -2.29. The minimum absolute atomic E-state index is 0.384. The molecule has 0 bridgehead atoms. The number of rotatable bonds is 2. The van der Waals surface area contributed by atoms with Crippen molar-refractivity contribution >= 4 is 11.5 Å². The van der Waals surface area contributed by atoms with Gasteiger partial charge >= 0.3 is 0 Å². The normalized spacial score (nSPS) is 9.40. The maximum Gasteiger partial charge on any atom is 0.283 e. The lowest BCUT2D eigenvalue weighted by Crippen LogP contribution is -2.05. The summed E-state index contributed by atoms with van der Waals surface area (Å²) in [6.07, 6.45) is 0. The first-order chi connectivity index (χ1) is 6.99. The second-order valence-corrected chi connectivity index (χ2v) is 2.75. The first-order valence-electron chi connectivity index (χ1n) is 3.87. The van der Waals surface area contributed by atoms with Crippen LogP contribution in [0.1, 0.15) is 22.8 Å². The highest BCUT2D eigenvalue weighted by atomic mass is 19.1. The topological polar surface area (TPSA) is 84.0 Å². The zero-order valence-electron chi connectivity index (χ0n) is 7.65. The number of nitrogens with zero attached hydrogens (tertiary/aromatic N) is 2. The molecule has 0 spiro atoms. The molecule has 0 aliphatic rings. The lowest BCUT2D eigenvalue weighted by atomic mass is 10.1. The lowest BCUT2D eigenvalue weighted by Gasteiger charge is -2.01. The number of hydrogen-bond acceptors (Lipinski definition) is 4. The van der Waals surface area contributed by atoms with E-state index in [1.807, 2.05) is 0 Å². The van der Waals surface area contributed by atoms with Crippen LogP contribution in [0.5, 0.6) is 0 Å². The summed E-state index contributed by atoms with van der Waals surface area (Å²) in [6.45, 7) is 1.01. The summed E-state index contributed by atoms with van der Waals surface area (Å²) in [5.74, 6) is -1.92. The van der Waals surface area contributed by atoms with Gasteiger partial charge in [0.25, 0.3) is 5.69 Å². The number of carbonyl (C=O) groups is 1. The smallest absolute Gasteiger partial charge is 0.283 e. The number of hydrogen-bond donors (Lipinski definition) is 0. The van der Waals surface area contributed by atoms with Crippen molar-refractivity contribution in [2.45, 2.75) is 6.92 Å². The van der Waals surface area contributed by atoms with Gasteiger partial charge in [-0.2, -0.15) is 5.26 Å². The molecule has 1 rings (SSSR count). The Balaban J connectivity index is 3.60. The summed E-state index contributed by atoms with van der Waals surface area (Å²) in [5, 5.41) is 19.0. The third-order valence-electron chi connectivity index (χ3n) is 1.79. The van der Waals surface area contributed by atoms with E-state index in [0.717, 1.165) is 19.1 Å². The van der Waals surface area contributed by atoms with Crippen molar-refractivity contribution in [1.29, 1.82) is 5.26 Å². The molecule has 6 heteroatoms. The number of halogens is 1. The Bertz CT molecular complexity index is 491. The minimum Gasteiger partial charge on any atom is -0.294 e. The van der Waals surface area contributed by atoms with Crippen LogP contribution in [0.3, 0.4) is 0 Å². The first-order valence-corrected chi connectivity index (χ1v) is 3.87. The van der Waals surface area contributed by atoms with E-state index in [-0.39, 0.29) is 5.56 Å². The van der Waals surface area contributed by atoms with E-state index >= 15 is 0 Å². The number of nitriles is 1. The number of nitro groups is 1. The van der Waals surface area contributed by atoms with Crippen molar-refractivity contribution in [3.05, 3.63) is 39.2 Å². The van der Waals surface area contributed by atoms with Gasteiger partial charge in [-0.1, -0.05) is 0 Å². The molecule has 0 unspecified atom stereocenters. The molecule has 0 heterocycles. The van der Waals surface area contributed by atoms with Gasteiger partial charge in [-0.05, 0) is 13.0 Å². The van der Waals surface area contributed by atoms with Crippen molar-refractivity contribution in [3.63, 3.8) is 0 Å². The fraction of sp³-hybridized carbons (Fsp3) is 0.111. The summed E-state index contributed by atoms with van der Waals surface area (Å²) in [6, 6.07) is 3.42. The first kappa shape index (κ1) is 10.8. The molecule has 76 valence electrons. The van der Waals surface area contributed by atoms with E-state index in [2.05, 4.69) is 0 Å². The van der Waals surface area contributed by atoms with Crippen molar-refractivity contribution in [2.24, 2.45) is 0 Å². The quantitative estimate of drug-likeness (QED) is 0.421. The highest BCUT2D eigenvalue weighted by molar-refractivity contribution is 5.98. The fourth-order valence-corrected chi connectivity index (χ4v) is 1.14. The van der Waals surface area contributed by atoms with Gasteiger partial charge in [0.2, 0.25) is 0 Å². The summed E-state index contributed by atoms with van der Waals surface area (Å²) >= 11 is 0. The summed E-state index contributed by atoms with van der Waals surface area (Å²) < 4.78 is 13.4. The van der Waals surface area contributed by atoms with Crippen LogP contribution in [0.2, 0.25) is 0 Å². The molecule has 15 heavy (non-hydrogen) atoms. The SMILES string of the molecule is CC(=O)c1c([N+](=O)[O-])ccc(C#N)c1F. The Labute approximate surface area is 83.9 Å². The molecule has 1 aromatic rings. The van der Waals surface area contributed by atoms with Crippen LogP contribution in [0.15, 0.2) is 12.1 Å². The van der Waals surface area contributed by atoms with E-state index < -0.39 is 27.8 Å². The maximum atomic E-state index is 13.4. The Morgan fingerprint density at radius 2 is 2.20 bits per heavy atom. The van der Waals surface area contributed by atoms with Crippen molar-refractivity contribution < 1.29 is 14.1 Å². The van der Waals surface area contributed by atoms with Crippen LogP contribution in [0.25, 0.3) is 0 Å². The highest BCUT2D eigenvalue weighted by Crippen LogP contribution is 2.24. The zero-order chi connectivity index (χ0) is 11.6. The molecule has 0 radical (unpaired) electrons. The van der Waals surface area contributed by atoms with Crippen LogP contribution in [-0.2, 0) is 0 Å². The maximum absolute atomic E-state index is 13.4. The van der Waals surface area contributed by atoms with E-state index in [1.165, 1.54) is 6.07 Å². The standard InChI is InChI=1S/C9H5FN2O3/c1-5(13)8-7(12(14)15)3-2-6(4-11)9(8)10/h2-3H,1H3. The van der Waals surface area contributed by atoms with Gasteiger partial charge in [-0.15, -0.1) is 0 Å². The third kappa shape index (κ3) is 1.81. The van der Waals surface area contributed by atoms with Crippen LogP contribution in [0, 0.1) is 27.3 Å². The molecule has 0 atom stereocenters. The van der Waals surface area contributed by atoms with Crippen molar-refractivity contribution in [1.82, 2.24) is 0 Å². The van der Waals surface area contributed by atoms with E-state index in [9.17, 15) is 19.3 Å². The fourth-order valence-electron chi connectivity index (χ4n) is 1.14. The molecule has 1 aromatic carbocycles. The molecule has 0 aliphatic carbocycles. The predicted octanol–water partition coefficient (Wildman–Crippen LogP) is 1.81. The average molecular weight is 208 g/mol. The van der Waals surface area contributed by atoms with Gasteiger partial charge in [0.15, 0.2) is 11.6 Å². The molecule has 0 N–H and O–H groups in total. The Morgan fingerprint density at radius 1 is 1.60 bits per heavy atom. The average Bonchev–Trinajstić information content (AvgIpc) is 2.16. The highest BCUT2D eigenvalue weighted by Gasteiger charge is 2.24. The largest absolute Gasteiger partial charge is 0.294 e. The zero-order valence-corrected chi connectivity index (χ0v) is 7.65. The van der Waals surface area contributed by atoms with E-state index in [1.54, 1.807) is 0 Å². The Kier molecular flexibility index (Phi) is 2.76. The molecular formula is C9H5FN2O3. The molecule has 0 aliphatic heterocycles. The molecule has 0 saturated heterocycles. The van der Waals surface area contributed by atoms with Crippen LogP contribution in [-0.4, -0.2) is 10.7 Å². The predicted molar refractivity (Wildman–Crippen MR) is 47.8 cm³/mol. The number of ketones is 1. The Morgan fingerprint density at radius 3 is 2.60 bits per heavy atom. The molecule has 0 aromatic heterocycles. The summed E-state index contributed by atoms with van der Waals surface area (Å²) in [4.78, 5) is 20.6. The van der Waals surface area contributed by atoms with Gasteiger partial charge in [0.05, 0.1) is 10.5 Å². The van der Waals surface area contributed by atoms with Gasteiger partial charge in [0.1, 0.15) is 11.6 Å². The molecule has 0 amide bonds. The summed E-state index contributed by atoms with van der Waals surface area (Å²) in [5.41, 5.74) is -1.66. The van der Waals surface area contributed by atoms with E-state index in [4.69, 9.17) is 5.26 Å². The van der Waals surface area contributed by atoms with Gasteiger partial charge in [0, 0.05) is 6.07 Å². The second-order valence-electron chi connectivity index (χ2n) is 2.75. The lowest BCUT2D eigenvalue weighted by molar-refractivity contribution is -0.385. The van der Waals surface area contributed by atoms with Crippen LogP contribution < -0.4 is 0 Å². The minimum atomic E-state index is -1.14. The van der Waals surface area contributed by atoms with Gasteiger partial charge < -0.3 is 0 Å². The van der Waals surface area contributed by atoms with Gasteiger partial charge in [-0.25, -0.2) is 4.39 Å². The molecule has 5 nitrogen and oxygen atoms in total. The third-order valence-corrected chi connectivity index (χ3v) is 1.79. The van der Waals surface area contributed by atoms with Gasteiger partial charge in [-0.3, -0.25) is 14.9 Å². The molecule has 0 saturated carbocycles. The monoisotopic (exact) mass is 208 g/mol. The number of Topliss-reactive ketones (excluding diaryl/α,β-unsaturated/α-hetero) is 1. The van der Waals surface area contributed by atoms with E-state index in [0.29, 0.717) is 0 Å².